The molecule has 92 valence electrons. The Morgan fingerprint density at radius 1 is 1.71 bits per heavy atom. The van der Waals surface area contributed by atoms with Gasteiger partial charge in [-0.25, -0.2) is 4.79 Å². The second-order valence-electron chi connectivity index (χ2n) is 3.82. The summed E-state index contributed by atoms with van der Waals surface area (Å²) >= 11 is -1.43. The van der Waals surface area contributed by atoms with Crippen LogP contribution in [0, 0.1) is 0 Å². The van der Waals surface area contributed by atoms with Gasteiger partial charge in [-0.2, -0.15) is 0 Å². The Bertz CT molecular complexity index is 412. The highest BCUT2D eigenvalue weighted by Gasteiger charge is 2.62. The minimum absolute atomic E-state index is 0.0302. The van der Waals surface area contributed by atoms with E-state index >= 15 is 0 Å². The maximum absolute atomic E-state index is 11.8. The van der Waals surface area contributed by atoms with E-state index in [9.17, 15) is 18.9 Å². The lowest BCUT2D eigenvalue weighted by atomic mass is 9.99. The molecule has 0 radical (unpaired) electrons. The van der Waals surface area contributed by atoms with Crippen LogP contribution >= 0.6 is 0 Å². The molecule has 0 aliphatic carbocycles. The number of carbonyl (C=O) groups excluding carboxylic acids is 2. The highest BCUT2D eigenvalue weighted by molar-refractivity contribution is 7.92. The molecule has 2 amide bonds. The van der Waals surface area contributed by atoms with Gasteiger partial charge in [0.15, 0.2) is 12.1 Å². The van der Waals surface area contributed by atoms with Crippen LogP contribution in [0.4, 0.5) is 0 Å². The van der Waals surface area contributed by atoms with Crippen molar-refractivity contribution in [3.05, 3.63) is 12.2 Å². The van der Waals surface area contributed by atoms with Crippen molar-refractivity contribution >= 4 is 29.5 Å². The molecule has 0 saturated carbocycles. The van der Waals surface area contributed by atoms with Gasteiger partial charge in [0.05, 0.1) is 0 Å². The highest BCUT2D eigenvalue weighted by Crippen LogP contribution is 2.35. The lowest BCUT2D eigenvalue weighted by Gasteiger charge is -2.51. The molecule has 2 aliphatic rings. The molecule has 4 atom stereocenters. The molecule has 2 unspecified atom stereocenters. The number of rotatable bonds is 3. The van der Waals surface area contributed by atoms with E-state index in [1.54, 1.807) is 0 Å². The number of fused-ring (bicyclic) bond motifs is 1. The van der Waals surface area contributed by atoms with Crippen LogP contribution in [0.5, 0.6) is 0 Å². The molecule has 0 aromatic rings. The Morgan fingerprint density at radius 2 is 2.35 bits per heavy atom. The van der Waals surface area contributed by atoms with E-state index in [2.05, 4.69) is 11.9 Å². The number of hydrogen-bond donors (Lipinski definition) is 2. The van der Waals surface area contributed by atoms with E-state index in [1.807, 2.05) is 0 Å². The molecule has 17 heavy (non-hydrogen) atoms. The van der Waals surface area contributed by atoms with Crippen LogP contribution in [-0.4, -0.2) is 56.1 Å². The zero-order valence-corrected chi connectivity index (χ0v) is 9.48. The summed E-state index contributed by atoms with van der Waals surface area (Å²) in [6.45, 7) is 3.53. The number of carboxylic acids is 1. The SMILES string of the molecule is C=C1C[S+]([O-])[C@@H]2[C@H](NC=O)C(=O)N2C1C(=O)O. The number of amides is 2. The summed E-state index contributed by atoms with van der Waals surface area (Å²) in [5, 5.41) is 10.5. The molecule has 2 heterocycles. The lowest BCUT2D eigenvalue weighted by molar-refractivity contribution is -0.160. The van der Waals surface area contributed by atoms with Crippen LogP contribution in [0.15, 0.2) is 12.2 Å². The second kappa shape index (κ2) is 4.04. The van der Waals surface area contributed by atoms with Crippen molar-refractivity contribution in [2.45, 2.75) is 17.5 Å². The normalized spacial score (nSPS) is 35.9. The Labute approximate surface area is 99.6 Å². The minimum atomic E-state index is -1.43. The first kappa shape index (κ1) is 11.9. The third-order valence-electron chi connectivity index (χ3n) is 2.82. The van der Waals surface area contributed by atoms with Crippen LogP contribution in [0.1, 0.15) is 0 Å². The summed E-state index contributed by atoms with van der Waals surface area (Å²) < 4.78 is 11.8. The molecule has 0 aromatic carbocycles. The molecule has 2 N–H and O–H groups in total. The molecule has 2 fully saturated rings. The third kappa shape index (κ3) is 1.60. The van der Waals surface area contributed by atoms with Crippen molar-refractivity contribution in [2.24, 2.45) is 0 Å². The first-order valence-electron chi connectivity index (χ1n) is 4.78. The van der Waals surface area contributed by atoms with Crippen molar-refractivity contribution in [1.82, 2.24) is 10.2 Å². The quantitative estimate of drug-likeness (QED) is 0.264. The molecule has 0 spiro atoms. The van der Waals surface area contributed by atoms with Gasteiger partial charge in [0.25, 0.3) is 5.91 Å². The van der Waals surface area contributed by atoms with Gasteiger partial charge in [-0.15, -0.1) is 0 Å². The molecule has 0 bridgehead atoms. The molecular formula is C9H10N2O5S. The average Bonchev–Trinajstić information content (AvgIpc) is 2.25. The molecule has 2 aliphatic heterocycles. The van der Waals surface area contributed by atoms with Gasteiger partial charge in [0, 0.05) is 5.57 Å². The number of carbonyl (C=O) groups is 3. The third-order valence-corrected chi connectivity index (χ3v) is 4.52. The number of aliphatic carboxylic acids is 1. The topological polar surface area (TPSA) is 110 Å². The Balaban J connectivity index is 2.27. The van der Waals surface area contributed by atoms with Gasteiger partial charge < -0.3 is 15.0 Å². The van der Waals surface area contributed by atoms with E-state index in [1.165, 1.54) is 0 Å². The fourth-order valence-corrected chi connectivity index (χ4v) is 3.77. The van der Waals surface area contributed by atoms with E-state index in [-0.39, 0.29) is 11.3 Å². The maximum Gasteiger partial charge on any atom is 0.331 e. The molecule has 2 rings (SSSR count). The lowest BCUT2D eigenvalue weighted by Crippen LogP contribution is -2.78. The predicted molar refractivity (Wildman–Crippen MR) is 57.2 cm³/mol. The van der Waals surface area contributed by atoms with Crippen molar-refractivity contribution in [3.63, 3.8) is 0 Å². The van der Waals surface area contributed by atoms with Crippen LogP contribution in [0.3, 0.4) is 0 Å². The summed E-state index contributed by atoms with van der Waals surface area (Å²) in [6, 6.07) is -2.03. The van der Waals surface area contributed by atoms with Crippen LogP contribution in [0.25, 0.3) is 0 Å². The molecular weight excluding hydrogens is 248 g/mol. The molecule has 0 aromatic heterocycles. The van der Waals surface area contributed by atoms with Crippen molar-refractivity contribution in [3.8, 4) is 0 Å². The number of hydrogen-bond acceptors (Lipinski definition) is 4. The van der Waals surface area contributed by atoms with Crippen molar-refractivity contribution < 1.29 is 24.0 Å². The Kier molecular flexibility index (Phi) is 2.84. The minimum Gasteiger partial charge on any atom is -0.614 e. The second-order valence-corrected chi connectivity index (χ2v) is 5.36. The van der Waals surface area contributed by atoms with Gasteiger partial charge in [0.1, 0.15) is 5.75 Å². The smallest absolute Gasteiger partial charge is 0.331 e. The largest absolute Gasteiger partial charge is 0.614 e. The van der Waals surface area contributed by atoms with Gasteiger partial charge in [0.2, 0.25) is 11.8 Å². The predicted octanol–water partition coefficient (Wildman–Crippen LogP) is -1.96. The molecule has 8 heteroatoms. The summed E-state index contributed by atoms with van der Waals surface area (Å²) in [7, 11) is 0. The zero-order chi connectivity index (χ0) is 12.7. The van der Waals surface area contributed by atoms with E-state index in [4.69, 9.17) is 5.11 Å². The average molecular weight is 258 g/mol. The summed E-state index contributed by atoms with van der Waals surface area (Å²) in [5.41, 5.74) is 0.241. The number of β-lactam (4-membered cyclic amide) rings is 1. The Hall–Kier alpha value is -1.54. The maximum atomic E-state index is 11.8. The number of nitrogens with one attached hydrogen (secondary N) is 1. The van der Waals surface area contributed by atoms with Crippen molar-refractivity contribution in [1.29, 1.82) is 0 Å². The van der Waals surface area contributed by atoms with Crippen LogP contribution in [-0.2, 0) is 25.6 Å². The van der Waals surface area contributed by atoms with Crippen LogP contribution < -0.4 is 5.32 Å². The van der Waals surface area contributed by atoms with Gasteiger partial charge in [-0.1, -0.05) is 6.58 Å². The summed E-state index contributed by atoms with van der Waals surface area (Å²) in [5.74, 6) is -1.71. The van der Waals surface area contributed by atoms with Gasteiger partial charge in [-0.3, -0.25) is 14.5 Å². The standard InChI is InChI=1S/C9H10N2O5S/c1-4-2-17(16)8-5(10-3-12)7(13)11(8)6(4)9(14)15/h3,5-6,8H,1-2H2,(H,10,12)(H,14,15)/t5-,6?,8-,17?/m1/s1. The fraction of sp³-hybridized carbons (Fsp3) is 0.444. The first-order valence-corrected chi connectivity index (χ1v) is 6.16. The van der Waals surface area contributed by atoms with Crippen LogP contribution in [0.2, 0.25) is 0 Å². The van der Waals surface area contributed by atoms with Gasteiger partial charge >= 0.3 is 5.97 Å². The molecule has 2 saturated heterocycles. The Morgan fingerprint density at radius 3 is 2.88 bits per heavy atom. The van der Waals surface area contributed by atoms with Crippen molar-refractivity contribution in [2.75, 3.05) is 5.75 Å². The monoisotopic (exact) mass is 258 g/mol. The molecule has 7 nitrogen and oxygen atoms in total. The summed E-state index contributed by atoms with van der Waals surface area (Å²) in [6.07, 6.45) is 0.344. The first-order chi connectivity index (χ1) is 7.99. The van der Waals surface area contributed by atoms with Gasteiger partial charge in [-0.05, 0) is 11.2 Å². The van der Waals surface area contributed by atoms with E-state index < -0.39 is 40.5 Å². The van der Waals surface area contributed by atoms with E-state index in [0.29, 0.717) is 6.41 Å². The zero-order valence-electron chi connectivity index (χ0n) is 8.66. The summed E-state index contributed by atoms with van der Waals surface area (Å²) in [4.78, 5) is 34.0. The number of nitrogens with zero attached hydrogens (tertiary/aromatic N) is 1. The fourth-order valence-electron chi connectivity index (χ4n) is 2.10. The van der Waals surface area contributed by atoms with E-state index in [0.717, 1.165) is 4.90 Å². The highest BCUT2D eigenvalue weighted by atomic mass is 32.2. The number of carboxylic acid groups (broad SMARTS) is 1.